The van der Waals surface area contributed by atoms with Crippen LogP contribution in [0, 0.1) is 0 Å². The maximum Gasteiger partial charge on any atom is 0.330 e. The topological polar surface area (TPSA) is 64.6 Å². The Balaban J connectivity index is 3.89. The van der Waals surface area contributed by atoms with Crippen LogP contribution in [0.1, 0.15) is 6.42 Å². The van der Waals surface area contributed by atoms with Crippen LogP contribution in [0.2, 0.25) is 0 Å². The van der Waals surface area contributed by atoms with Crippen LogP contribution in [0.3, 0.4) is 0 Å². The van der Waals surface area contributed by atoms with Crippen molar-refractivity contribution in [3.8, 4) is 0 Å². The van der Waals surface area contributed by atoms with Gasteiger partial charge in [-0.1, -0.05) is 0 Å². The summed E-state index contributed by atoms with van der Waals surface area (Å²) >= 11 is 0. The first-order valence-corrected chi connectivity index (χ1v) is 5.22. The number of nitrogens with one attached hydrogen (secondary N) is 1. The molecule has 0 saturated heterocycles. The normalized spacial score (nSPS) is 11.2. The Morgan fingerprint density at radius 2 is 1.92 bits per heavy atom. The second kappa shape index (κ2) is 5.30. The maximum absolute atomic E-state index is 11.3. The molecule has 0 aliphatic rings. The van der Waals surface area contributed by atoms with Gasteiger partial charge in [-0.3, -0.25) is 9.36 Å². The van der Waals surface area contributed by atoms with Crippen molar-refractivity contribution in [2.45, 2.75) is 6.42 Å². The van der Waals surface area contributed by atoms with Crippen molar-refractivity contribution in [3.63, 3.8) is 0 Å². The van der Waals surface area contributed by atoms with Gasteiger partial charge in [-0.2, -0.15) is 0 Å². The van der Waals surface area contributed by atoms with Crippen LogP contribution in [0.5, 0.6) is 0 Å². The van der Waals surface area contributed by atoms with Crippen molar-refractivity contribution in [1.29, 1.82) is 0 Å². The van der Waals surface area contributed by atoms with E-state index in [1.807, 2.05) is 0 Å². The molecule has 0 saturated carbocycles. The van der Waals surface area contributed by atoms with Gasteiger partial charge in [-0.25, -0.2) is 0 Å². The molecule has 0 heterocycles. The van der Waals surface area contributed by atoms with Gasteiger partial charge >= 0.3 is 7.60 Å². The molecule has 1 N–H and O–H groups in total. The predicted molar refractivity (Wildman–Crippen MR) is 45.2 cm³/mol. The van der Waals surface area contributed by atoms with E-state index < -0.39 is 7.60 Å². The summed E-state index contributed by atoms with van der Waals surface area (Å²) in [5.41, 5.74) is 0. The van der Waals surface area contributed by atoms with Crippen LogP contribution < -0.4 is 5.32 Å². The molecular formula is C6H14NO4P. The van der Waals surface area contributed by atoms with Crippen LogP contribution in [0.25, 0.3) is 0 Å². The molecule has 0 rings (SSSR count). The molecule has 0 aromatic heterocycles. The summed E-state index contributed by atoms with van der Waals surface area (Å²) in [6, 6.07) is 0. The number of carbonyl (C=O) groups is 1. The van der Waals surface area contributed by atoms with Gasteiger partial charge in [0, 0.05) is 27.7 Å². The molecule has 6 heteroatoms. The molecule has 5 nitrogen and oxygen atoms in total. The Hall–Kier alpha value is -0.380. The highest BCUT2D eigenvalue weighted by molar-refractivity contribution is 7.53. The maximum atomic E-state index is 11.3. The van der Waals surface area contributed by atoms with E-state index in [4.69, 9.17) is 0 Å². The minimum absolute atomic E-state index is 0.111. The molecular weight excluding hydrogens is 181 g/mol. The summed E-state index contributed by atoms with van der Waals surface area (Å²) < 4.78 is 20.6. The van der Waals surface area contributed by atoms with Crippen molar-refractivity contribution in [2.24, 2.45) is 0 Å². The Morgan fingerprint density at radius 1 is 1.42 bits per heavy atom. The SMILES string of the molecule is CNC(=O)CCP(=O)(OC)OC. The van der Waals surface area contributed by atoms with E-state index in [1.54, 1.807) is 0 Å². The van der Waals surface area contributed by atoms with Crippen LogP contribution in [0.15, 0.2) is 0 Å². The summed E-state index contributed by atoms with van der Waals surface area (Å²) in [5, 5.41) is 2.41. The highest BCUT2D eigenvalue weighted by Gasteiger charge is 2.21. The molecule has 12 heavy (non-hydrogen) atoms. The van der Waals surface area contributed by atoms with E-state index in [2.05, 4.69) is 14.4 Å². The lowest BCUT2D eigenvalue weighted by Gasteiger charge is -2.12. The Kier molecular flexibility index (Phi) is 5.13. The number of carbonyl (C=O) groups excluding carboxylic acids is 1. The molecule has 0 aliphatic carbocycles. The highest BCUT2D eigenvalue weighted by atomic mass is 31.2. The second-order valence-corrected chi connectivity index (χ2v) is 4.52. The number of hydrogen-bond donors (Lipinski definition) is 1. The molecule has 0 aromatic rings. The Morgan fingerprint density at radius 3 is 2.25 bits per heavy atom. The molecule has 0 radical (unpaired) electrons. The van der Waals surface area contributed by atoms with Crippen LogP contribution in [-0.4, -0.2) is 33.3 Å². The second-order valence-electron chi connectivity index (χ2n) is 2.12. The van der Waals surface area contributed by atoms with Gasteiger partial charge in [0.25, 0.3) is 0 Å². The van der Waals surface area contributed by atoms with Crippen LogP contribution >= 0.6 is 7.60 Å². The molecule has 0 bridgehead atoms. The molecule has 0 aromatic carbocycles. The average Bonchev–Trinajstić information content (AvgIpc) is 2.13. The van der Waals surface area contributed by atoms with Gasteiger partial charge in [-0.05, 0) is 0 Å². The van der Waals surface area contributed by atoms with E-state index in [0.717, 1.165) is 0 Å². The van der Waals surface area contributed by atoms with Crippen molar-refractivity contribution in [3.05, 3.63) is 0 Å². The number of rotatable bonds is 5. The third kappa shape index (κ3) is 3.85. The molecule has 1 amide bonds. The minimum atomic E-state index is -3.01. The van der Waals surface area contributed by atoms with Gasteiger partial charge in [0.05, 0.1) is 6.16 Å². The fourth-order valence-corrected chi connectivity index (χ4v) is 1.61. The van der Waals surface area contributed by atoms with Gasteiger partial charge < -0.3 is 14.4 Å². The van der Waals surface area contributed by atoms with E-state index in [1.165, 1.54) is 21.3 Å². The van der Waals surface area contributed by atoms with Gasteiger partial charge in [0.1, 0.15) is 0 Å². The van der Waals surface area contributed by atoms with E-state index in [0.29, 0.717) is 0 Å². The van der Waals surface area contributed by atoms with Crippen molar-refractivity contribution >= 4 is 13.5 Å². The summed E-state index contributed by atoms with van der Waals surface area (Å²) in [6.07, 6.45) is 0.259. The Bertz CT molecular complexity index is 186. The van der Waals surface area contributed by atoms with Gasteiger partial charge in [-0.15, -0.1) is 0 Å². The standard InChI is InChI=1S/C6H14NO4P/c1-7-6(8)4-5-12(9,10-2)11-3/h4-5H2,1-3H3,(H,7,8). The van der Waals surface area contributed by atoms with Crippen LogP contribution in [0.4, 0.5) is 0 Å². The molecule has 0 spiro atoms. The molecule has 72 valence electrons. The first kappa shape index (κ1) is 11.6. The largest absolute Gasteiger partial charge is 0.359 e. The lowest BCUT2D eigenvalue weighted by molar-refractivity contribution is -0.120. The van der Waals surface area contributed by atoms with Crippen molar-refractivity contribution in [1.82, 2.24) is 5.32 Å². The Labute approximate surface area is 72.0 Å². The first-order valence-electron chi connectivity index (χ1n) is 3.49. The van der Waals surface area contributed by atoms with Gasteiger partial charge in [0.15, 0.2) is 0 Å². The molecule has 0 unspecified atom stereocenters. The highest BCUT2D eigenvalue weighted by Crippen LogP contribution is 2.46. The minimum Gasteiger partial charge on any atom is -0.359 e. The monoisotopic (exact) mass is 195 g/mol. The zero-order chi connectivity index (χ0) is 9.61. The predicted octanol–water partition coefficient (Wildman–Crippen LogP) is 0.608. The summed E-state index contributed by atoms with van der Waals surface area (Å²) in [5.74, 6) is -0.177. The molecule has 0 atom stereocenters. The lowest BCUT2D eigenvalue weighted by atomic mass is 10.5. The zero-order valence-corrected chi connectivity index (χ0v) is 8.39. The quantitative estimate of drug-likeness (QED) is 0.652. The zero-order valence-electron chi connectivity index (χ0n) is 7.49. The lowest BCUT2D eigenvalue weighted by Crippen LogP contribution is -2.18. The fourth-order valence-electron chi connectivity index (χ4n) is 0.621. The third-order valence-electron chi connectivity index (χ3n) is 1.45. The summed E-state index contributed by atoms with van der Waals surface area (Å²) in [6.45, 7) is 0. The third-order valence-corrected chi connectivity index (χ3v) is 3.33. The van der Waals surface area contributed by atoms with E-state index in [-0.39, 0.29) is 18.5 Å². The molecule has 0 aliphatic heterocycles. The fraction of sp³-hybridized carbons (Fsp3) is 0.833. The van der Waals surface area contributed by atoms with Crippen molar-refractivity contribution in [2.75, 3.05) is 27.4 Å². The number of hydrogen-bond acceptors (Lipinski definition) is 4. The summed E-state index contributed by atoms with van der Waals surface area (Å²) in [7, 11) is 1.11. The van der Waals surface area contributed by atoms with Crippen molar-refractivity contribution < 1.29 is 18.4 Å². The number of amides is 1. The van der Waals surface area contributed by atoms with Crippen LogP contribution in [-0.2, 0) is 18.4 Å². The average molecular weight is 195 g/mol. The molecule has 0 fully saturated rings. The van der Waals surface area contributed by atoms with E-state index >= 15 is 0 Å². The van der Waals surface area contributed by atoms with Gasteiger partial charge in [0.2, 0.25) is 5.91 Å². The van der Waals surface area contributed by atoms with E-state index in [9.17, 15) is 9.36 Å². The smallest absolute Gasteiger partial charge is 0.330 e. The first-order chi connectivity index (χ1) is 5.58. The summed E-state index contributed by atoms with van der Waals surface area (Å²) in [4.78, 5) is 10.7.